The summed E-state index contributed by atoms with van der Waals surface area (Å²) in [6.45, 7) is -0.126. The summed E-state index contributed by atoms with van der Waals surface area (Å²) >= 11 is 1.79. The number of thioether (sulfide) groups is 1. The number of fused-ring (bicyclic) bond motifs is 1. The van der Waals surface area contributed by atoms with Gasteiger partial charge in [-0.1, -0.05) is 6.07 Å². The Morgan fingerprint density at radius 2 is 1.67 bits per heavy atom. The van der Waals surface area contributed by atoms with Crippen molar-refractivity contribution in [2.75, 3.05) is 5.75 Å². The fraction of sp³-hybridized carbons (Fsp3) is 0.125. The highest BCUT2D eigenvalue weighted by molar-refractivity contribution is 7.99. The van der Waals surface area contributed by atoms with E-state index in [9.17, 15) is 23.7 Å². The molecule has 10 heteroatoms. The van der Waals surface area contributed by atoms with E-state index in [4.69, 9.17) is 4.74 Å². The monoisotopic (exact) mass is 583 g/mol. The molecule has 0 atom stereocenters. The van der Waals surface area contributed by atoms with E-state index in [0.29, 0.717) is 33.6 Å². The number of hydrogen-bond donors (Lipinski definition) is 1. The maximum Gasteiger partial charge on any atom is 0.341 e. The molecule has 0 aliphatic carbocycles. The van der Waals surface area contributed by atoms with Gasteiger partial charge >= 0.3 is 5.97 Å². The molecule has 3 aromatic carbocycles. The smallest absolute Gasteiger partial charge is 0.341 e. The molecule has 0 saturated heterocycles. The maximum absolute atomic E-state index is 14.4. The van der Waals surface area contributed by atoms with Crippen LogP contribution in [0, 0.1) is 21.7 Å². The van der Waals surface area contributed by atoms with Gasteiger partial charge in [0.15, 0.2) is 11.6 Å². The molecular formula is C32H23F2N3O4S. The van der Waals surface area contributed by atoms with Gasteiger partial charge in [-0.15, -0.1) is 11.8 Å². The van der Waals surface area contributed by atoms with Crippen LogP contribution >= 0.6 is 11.8 Å². The largest absolute Gasteiger partial charge is 0.457 e. The molecule has 1 aliphatic heterocycles. The van der Waals surface area contributed by atoms with Crippen molar-refractivity contribution in [2.24, 2.45) is 0 Å². The van der Waals surface area contributed by atoms with E-state index < -0.39 is 22.5 Å². The van der Waals surface area contributed by atoms with E-state index in [1.807, 2.05) is 18.2 Å². The van der Waals surface area contributed by atoms with Crippen LogP contribution in [0.2, 0.25) is 0 Å². The van der Waals surface area contributed by atoms with E-state index in [2.05, 4.69) is 9.97 Å². The third-order valence-electron chi connectivity index (χ3n) is 7.10. The maximum atomic E-state index is 14.4. The second-order valence-electron chi connectivity index (χ2n) is 9.76. The lowest BCUT2D eigenvalue weighted by Gasteiger charge is -2.16. The van der Waals surface area contributed by atoms with Gasteiger partial charge in [0, 0.05) is 40.5 Å². The summed E-state index contributed by atoms with van der Waals surface area (Å²) in [7, 11) is 0. The van der Waals surface area contributed by atoms with E-state index in [-0.39, 0.29) is 17.9 Å². The molecule has 7 nitrogen and oxygen atoms in total. The first-order chi connectivity index (χ1) is 20.4. The highest BCUT2D eigenvalue weighted by Gasteiger charge is 2.28. The van der Waals surface area contributed by atoms with Crippen LogP contribution in [0.3, 0.4) is 0 Å². The average molecular weight is 584 g/mol. The van der Waals surface area contributed by atoms with Crippen LogP contribution in [0.25, 0.3) is 33.6 Å². The number of aryl methyl sites for hydroxylation is 1. The number of halogens is 2. The first kappa shape index (κ1) is 27.3. The second-order valence-corrected chi connectivity index (χ2v) is 10.9. The van der Waals surface area contributed by atoms with Crippen LogP contribution in [0.5, 0.6) is 0 Å². The Balaban J connectivity index is 1.50. The van der Waals surface area contributed by atoms with E-state index in [0.717, 1.165) is 36.3 Å². The molecule has 0 spiro atoms. The Kier molecular flexibility index (Phi) is 7.54. The molecule has 0 unspecified atom stereocenters. The van der Waals surface area contributed by atoms with Crippen molar-refractivity contribution < 1.29 is 23.2 Å². The zero-order valence-corrected chi connectivity index (χ0v) is 22.9. The predicted molar refractivity (Wildman–Crippen MR) is 156 cm³/mol. The molecule has 5 aromatic rings. The van der Waals surface area contributed by atoms with Gasteiger partial charge in [0.25, 0.3) is 5.69 Å². The third kappa shape index (κ3) is 5.40. The minimum absolute atomic E-state index is 0.0697. The van der Waals surface area contributed by atoms with Crippen LogP contribution in [0.4, 0.5) is 14.5 Å². The van der Waals surface area contributed by atoms with Gasteiger partial charge in [0.05, 0.1) is 21.9 Å². The normalized spacial score (nSPS) is 12.5. The highest BCUT2D eigenvalue weighted by atomic mass is 32.2. The van der Waals surface area contributed by atoms with Crippen LogP contribution < -0.4 is 0 Å². The van der Waals surface area contributed by atoms with Crippen LogP contribution in [-0.2, 0) is 17.8 Å². The molecule has 0 fully saturated rings. The Hall–Kier alpha value is -4.83. The number of pyridine rings is 1. The number of rotatable bonds is 7. The number of nitrogens with one attached hydrogen (secondary N) is 1. The Labute approximate surface area is 243 Å². The number of esters is 1. The SMILES string of the molecule is O=C(OCc1ccc([N+](=O)[O-])cc1)c1c(-c2ccc3c(c2)CCCS3)[nH]c(-c2ccc(F)c(F)c2)c1-c1ccncc1. The average Bonchev–Trinajstić information content (AvgIpc) is 3.42. The summed E-state index contributed by atoms with van der Waals surface area (Å²) < 4.78 is 34.1. The molecule has 6 rings (SSSR count). The predicted octanol–water partition coefficient (Wildman–Crippen LogP) is 7.99. The summed E-state index contributed by atoms with van der Waals surface area (Å²) in [5, 5.41) is 11.0. The second kappa shape index (κ2) is 11.6. The zero-order chi connectivity index (χ0) is 29.2. The lowest BCUT2D eigenvalue weighted by atomic mass is 9.95. The number of nitro groups is 1. The summed E-state index contributed by atoms with van der Waals surface area (Å²) in [5.74, 6) is -1.60. The number of benzene rings is 3. The third-order valence-corrected chi connectivity index (χ3v) is 8.30. The van der Waals surface area contributed by atoms with Crippen LogP contribution in [-0.4, -0.2) is 26.6 Å². The van der Waals surface area contributed by atoms with Crippen molar-refractivity contribution in [1.29, 1.82) is 0 Å². The van der Waals surface area contributed by atoms with Gasteiger partial charge in [-0.2, -0.15) is 0 Å². The molecule has 0 bridgehead atoms. The molecular weight excluding hydrogens is 560 g/mol. The van der Waals surface area contributed by atoms with Gasteiger partial charge in [-0.05, 0) is 95.4 Å². The molecule has 42 heavy (non-hydrogen) atoms. The van der Waals surface area contributed by atoms with Gasteiger partial charge in [0.1, 0.15) is 6.61 Å². The molecule has 210 valence electrons. The van der Waals surface area contributed by atoms with Crippen molar-refractivity contribution in [3.05, 3.63) is 124 Å². The number of carbonyl (C=O) groups is 1. The highest BCUT2D eigenvalue weighted by Crippen LogP contribution is 2.42. The van der Waals surface area contributed by atoms with Gasteiger partial charge in [0.2, 0.25) is 0 Å². The van der Waals surface area contributed by atoms with Crippen molar-refractivity contribution >= 4 is 23.4 Å². The van der Waals surface area contributed by atoms with Gasteiger partial charge in [-0.3, -0.25) is 15.1 Å². The number of nitrogens with zero attached hydrogens (tertiary/aromatic N) is 2. The number of carbonyl (C=O) groups excluding carboxylic acids is 1. The lowest BCUT2D eigenvalue weighted by molar-refractivity contribution is -0.384. The minimum atomic E-state index is -1.02. The van der Waals surface area contributed by atoms with Crippen molar-refractivity contribution in [2.45, 2.75) is 24.3 Å². The van der Waals surface area contributed by atoms with Crippen molar-refractivity contribution in [1.82, 2.24) is 9.97 Å². The van der Waals surface area contributed by atoms with E-state index in [1.165, 1.54) is 40.8 Å². The minimum Gasteiger partial charge on any atom is -0.457 e. The van der Waals surface area contributed by atoms with Crippen LogP contribution in [0.15, 0.2) is 90.1 Å². The number of aromatic amines is 1. The summed E-state index contributed by atoms with van der Waals surface area (Å²) in [6.07, 6.45) is 5.11. The Morgan fingerprint density at radius 3 is 2.40 bits per heavy atom. The Bertz CT molecular complexity index is 1810. The number of non-ortho nitro benzene ring substituents is 1. The number of H-pyrrole nitrogens is 1. The first-order valence-electron chi connectivity index (χ1n) is 13.2. The number of hydrogen-bond acceptors (Lipinski definition) is 6. The van der Waals surface area contributed by atoms with E-state index >= 15 is 0 Å². The molecule has 1 N–H and O–H groups in total. The summed E-state index contributed by atoms with van der Waals surface area (Å²) in [4.78, 5) is 33.1. The molecule has 0 saturated carbocycles. The number of ether oxygens (including phenoxy) is 1. The zero-order valence-electron chi connectivity index (χ0n) is 22.1. The quantitative estimate of drug-likeness (QED) is 0.118. The lowest BCUT2D eigenvalue weighted by Crippen LogP contribution is -2.08. The molecule has 0 amide bonds. The standard InChI is InChI=1S/C32H23F2N3O4S/c33-25-9-5-23(17-26(25)34)30-28(20-11-13-35-14-12-20)29(32(38)41-18-19-3-7-24(8-4-19)37(39)40)31(36-30)22-6-10-27-21(16-22)2-1-15-42-27/h3-14,16-17,36H,1-2,15,18H2. The molecule has 3 heterocycles. The van der Waals surface area contributed by atoms with Crippen LogP contribution in [0.1, 0.15) is 27.9 Å². The molecule has 0 radical (unpaired) electrons. The summed E-state index contributed by atoms with van der Waals surface area (Å²) in [5.41, 5.74) is 4.99. The summed E-state index contributed by atoms with van der Waals surface area (Å²) in [6, 6.07) is 18.8. The number of nitro benzene ring substituents is 1. The fourth-order valence-electron chi connectivity index (χ4n) is 5.05. The van der Waals surface area contributed by atoms with Gasteiger partial charge < -0.3 is 9.72 Å². The first-order valence-corrected chi connectivity index (χ1v) is 14.2. The topological polar surface area (TPSA) is 98.1 Å². The van der Waals surface area contributed by atoms with Gasteiger partial charge in [-0.25, -0.2) is 13.6 Å². The Morgan fingerprint density at radius 1 is 0.929 bits per heavy atom. The van der Waals surface area contributed by atoms with E-state index in [1.54, 1.807) is 36.3 Å². The van der Waals surface area contributed by atoms with Crippen molar-refractivity contribution in [3.63, 3.8) is 0 Å². The van der Waals surface area contributed by atoms with Crippen molar-refractivity contribution in [3.8, 4) is 33.6 Å². The number of aromatic nitrogens is 2. The molecule has 1 aliphatic rings. The molecule has 2 aromatic heterocycles. The fourth-order valence-corrected chi connectivity index (χ4v) is 6.07.